The Morgan fingerprint density at radius 2 is 1.97 bits per heavy atom. The van der Waals surface area contributed by atoms with Crippen LogP contribution >= 0.6 is 0 Å². The van der Waals surface area contributed by atoms with Crippen LogP contribution in [0.15, 0.2) is 72.6 Å². The Morgan fingerprint density at radius 1 is 1.12 bits per heavy atom. The molecule has 0 bridgehead atoms. The van der Waals surface area contributed by atoms with E-state index in [1.807, 2.05) is 6.92 Å². The smallest absolute Gasteiger partial charge is 0.300 e. The number of carbonyl (C=O) groups excluding carboxylic acids is 2. The number of nitrogens with zero attached hydrogens (tertiary/aromatic N) is 2. The minimum atomic E-state index is -0.880. The van der Waals surface area contributed by atoms with Gasteiger partial charge in [-0.3, -0.25) is 19.5 Å². The number of hydrogen-bond donors (Lipinski definition) is 1. The molecule has 3 heterocycles. The molecule has 2 aliphatic heterocycles. The number of aliphatic hydroxyl groups is 1. The molecule has 8 heteroatoms. The Bertz CT molecular complexity index is 1290. The van der Waals surface area contributed by atoms with E-state index < -0.39 is 17.7 Å². The van der Waals surface area contributed by atoms with Crippen LogP contribution in [0, 0.1) is 0 Å². The van der Waals surface area contributed by atoms with E-state index in [0.717, 1.165) is 6.42 Å². The number of carbonyl (C=O) groups is 2. The summed E-state index contributed by atoms with van der Waals surface area (Å²) in [5.74, 6) is -0.227. The second-order valence-electron chi connectivity index (χ2n) is 7.87. The minimum absolute atomic E-state index is 0.0247. The third-order valence-corrected chi connectivity index (χ3v) is 5.66. The van der Waals surface area contributed by atoms with Gasteiger partial charge in [0, 0.05) is 29.7 Å². The van der Waals surface area contributed by atoms with Crippen molar-refractivity contribution in [3.63, 3.8) is 0 Å². The number of fused-ring (bicyclic) bond motifs is 1. The molecule has 1 atom stereocenters. The Balaban J connectivity index is 1.64. The zero-order valence-electron chi connectivity index (χ0n) is 18.4. The lowest BCUT2D eigenvalue weighted by Gasteiger charge is -2.25. The van der Waals surface area contributed by atoms with Gasteiger partial charge in [0.1, 0.15) is 11.5 Å². The summed E-state index contributed by atoms with van der Waals surface area (Å²) in [4.78, 5) is 32.0. The van der Waals surface area contributed by atoms with E-state index in [1.54, 1.807) is 67.0 Å². The van der Waals surface area contributed by atoms with E-state index >= 15 is 0 Å². The fourth-order valence-electron chi connectivity index (χ4n) is 4.10. The van der Waals surface area contributed by atoms with Crippen LogP contribution in [-0.2, 0) is 9.59 Å². The van der Waals surface area contributed by atoms with E-state index in [1.165, 1.54) is 4.90 Å². The second kappa shape index (κ2) is 8.90. The topological polar surface area (TPSA) is 98.2 Å². The number of rotatable bonds is 6. The van der Waals surface area contributed by atoms with Gasteiger partial charge in [0.05, 0.1) is 18.2 Å². The third kappa shape index (κ3) is 3.73. The third-order valence-electron chi connectivity index (χ3n) is 5.66. The molecule has 1 aromatic heterocycles. The van der Waals surface area contributed by atoms with Crippen molar-refractivity contribution in [2.75, 3.05) is 18.3 Å². The van der Waals surface area contributed by atoms with Crippen LogP contribution in [0.25, 0.3) is 5.76 Å². The molecule has 0 radical (unpaired) electrons. The van der Waals surface area contributed by atoms with Gasteiger partial charge < -0.3 is 19.3 Å². The number of amides is 1. The first-order valence-electron chi connectivity index (χ1n) is 10.9. The zero-order valence-corrected chi connectivity index (χ0v) is 18.4. The summed E-state index contributed by atoms with van der Waals surface area (Å²) in [6.07, 6.45) is 4.01. The van der Waals surface area contributed by atoms with Crippen LogP contribution in [0.4, 0.5) is 5.69 Å². The predicted octanol–water partition coefficient (Wildman–Crippen LogP) is 4.23. The normalized spacial score (nSPS) is 18.4. The number of hydrogen-bond acceptors (Lipinski definition) is 7. The number of ether oxygens (including phenoxy) is 3. The van der Waals surface area contributed by atoms with Gasteiger partial charge in [-0.25, -0.2) is 0 Å². The van der Waals surface area contributed by atoms with Crippen molar-refractivity contribution in [1.29, 1.82) is 0 Å². The molecule has 0 aliphatic carbocycles. The molecule has 5 rings (SSSR count). The van der Waals surface area contributed by atoms with Crippen LogP contribution in [-0.4, -0.2) is 35.2 Å². The fourth-order valence-corrected chi connectivity index (χ4v) is 4.10. The van der Waals surface area contributed by atoms with E-state index in [4.69, 9.17) is 14.2 Å². The average molecular weight is 458 g/mol. The standard InChI is InChI=1S/C26H22N2O6/c1-2-11-32-19-7-3-5-16(12-19)24(29)22-23(17-6-4-10-27-14-17)28(26(31)25(22)30)18-8-9-20-21(13-18)34-15-33-20/h3-10,12-14,23,29H,2,11,15H2,1H3/b24-22+. The first-order chi connectivity index (χ1) is 16.6. The number of anilines is 1. The lowest BCUT2D eigenvalue weighted by Crippen LogP contribution is -2.29. The average Bonchev–Trinajstić information content (AvgIpc) is 3.45. The maximum atomic E-state index is 13.3. The Morgan fingerprint density at radius 3 is 2.76 bits per heavy atom. The van der Waals surface area contributed by atoms with Crippen molar-refractivity contribution < 1.29 is 28.9 Å². The molecule has 1 unspecified atom stereocenters. The second-order valence-corrected chi connectivity index (χ2v) is 7.87. The monoisotopic (exact) mass is 458 g/mol. The van der Waals surface area contributed by atoms with E-state index in [2.05, 4.69) is 4.98 Å². The summed E-state index contributed by atoms with van der Waals surface area (Å²) in [6, 6.07) is 14.4. The van der Waals surface area contributed by atoms with Crippen molar-refractivity contribution in [2.45, 2.75) is 19.4 Å². The molecule has 1 fully saturated rings. The number of benzene rings is 2. The molecular formula is C26H22N2O6. The van der Waals surface area contributed by atoms with Crippen molar-refractivity contribution in [3.05, 3.63) is 83.7 Å². The van der Waals surface area contributed by atoms with Crippen LogP contribution < -0.4 is 19.1 Å². The highest BCUT2D eigenvalue weighted by atomic mass is 16.7. The van der Waals surface area contributed by atoms with Crippen LogP contribution in [0.3, 0.4) is 0 Å². The largest absolute Gasteiger partial charge is 0.507 e. The molecule has 172 valence electrons. The molecule has 3 aromatic rings. The zero-order chi connectivity index (χ0) is 23.7. The van der Waals surface area contributed by atoms with Crippen molar-refractivity contribution in [3.8, 4) is 17.2 Å². The number of Topliss-reactive ketones (excluding diaryl/α,β-unsaturated/α-hetero) is 1. The predicted molar refractivity (Wildman–Crippen MR) is 124 cm³/mol. The Labute approximate surface area is 196 Å². The first kappa shape index (κ1) is 21.5. The quantitative estimate of drug-likeness (QED) is 0.335. The highest BCUT2D eigenvalue weighted by molar-refractivity contribution is 6.51. The molecule has 1 amide bonds. The molecular weight excluding hydrogens is 436 g/mol. The number of aliphatic hydroxyl groups excluding tert-OH is 1. The molecule has 0 saturated carbocycles. The van der Waals surface area contributed by atoms with Gasteiger partial charge in [-0.2, -0.15) is 0 Å². The summed E-state index contributed by atoms with van der Waals surface area (Å²) in [5.41, 5.74) is 1.38. The lowest BCUT2D eigenvalue weighted by molar-refractivity contribution is -0.132. The van der Waals surface area contributed by atoms with Gasteiger partial charge in [-0.15, -0.1) is 0 Å². The fraction of sp³-hybridized carbons (Fsp3) is 0.192. The molecule has 2 aliphatic rings. The summed E-state index contributed by atoms with van der Waals surface area (Å²) < 4.78 is 16.5. The highest BCUT2D eigenvalue weighted by Crippen LogP contribution is 2.44. The van der Waals surface area contributed by atoms with E-state index in [9.17, 15) is 14.7 Å². The number of aromatic nitrogens is 1. The number of pyridine rings is 1. The van der Waals surface area contributed by atoms with E-state index in [-0.39, 0.29) is 18.1 Å². The Kier molecular flexibility index (Phi) is 5.63. The van der Waals surface area contributed by atoms with Gasteiger partial charge in [-0.1, -0.05) is 25.1 Å². The van der Waals surface area contributed by atoms with Crippen molar-refractivity contribution in [2.24, 2.45) is 0 Å². The summed E-state index contributed by atoms with van der Waals surface area (Å²) >= 11 is 0. The van der Waals surface area contributed by atoms with Gasteiger partial charge in [-0.05, 0) is 42.3 Å². The maximum Gasteiger partial charge on any atom is 0.300 e. The lowest BCUT2D eigenvalue weighted by atomic mass is 9.96. The van der Waals surface area contributed by atoms with Gasteiger partial charge >= 0.3 is 0 Å². The molecule has 8 nitrogen and oxygen atoms in total. The summed E-state index contributed by atoms with van der Waals surface area (Å²) in [6.45, 7) is 2.60. The van der Waals surface area contributed by atoms with Gasteiger partial charge in [0.15, 0.2) is 11.5 Å². The summed E-state index contributed by atoms with van der Waals surface area (Å²) in [7, 11) is 0. The highest BCUT2D eigenvalue weighted by Gasteiger charge is 2.47. The molecule has 2 aromatic carbocycles. The van der Waals surface area contributed by atoms with Crippen molar-refractivity contribution in [1.82, 2.24) is 4.98 Å². The Hall–Kier alpha value is -4.33. The molecule has 1 N–H and O–H groups in total. The first-order valence-corrected chi connectivity index (χ1v) is 10.9. The van der Waals surface area contributed by atoms with Gasteiger partial charge in [0.25, 0.3) is 11.7 Å². The van der Waals surface area contributed by atoms with Gasteiger partial charge in [0.2, 0.25) is 6.79 Å². The molecule has 34 heavy (non-hydrogen) atoms. The SMILES string of the molecule is CCCOc1cccc(/C(O)=C2\C(=O)C(=O)N(c3ccc4c(c3)OCO4)C2c2cccnc2)c1. The molecule has 0 spiro atoms. The van der Waals surface area contributed by atoms with E-state index in [0.29, 0.717) is 40.7 Å². The van der Waals surface area contributed by atoms with Crippen LogP contribution in [0.2, 0.25) is 0 Å². The van der Waals surface area contributed by atoms with Crippen LogP contribution in [0.5, 0.6) is 17.2 Å². The maximum absolute atomic E-state index is 13.3. The van der Waals surface area contributed by atoms with Crippen LogP contribution in [0.1, 0.15) is 30.5 Å². The molecule has 1 saturated heterocycles. The summed E-state index contributed by atoms with van der Waals surface area (Å²) in [5, 5.41) is 11.3. The minimum Gasteiger partial charge on any atom is -0.507 e. The van der Waals surface area contributed by atoms with Crippen molar-refractivity contribution >= 4 is 23.1 Å². The number of ketones is 1.